The van der Waals surface area contributed by atoms with E-state index in [4.69, 9.17) is 14.2 Å². The monoisotopic (exact) mass is 586 g/mol. The number of fused-ring (bicyclic) bond motifs is 1. The standard InChI is InChI=1S/C26H26N4O8S2/c1-39(32,33)23-13-20(15-29-26(23)37-16-17-7-10-36-11-8-17)40(34,35)30-25(31)21-4-2-3-5-22(21)38-19-12-18-6-9-27-24(18)28-14-19/h2-6,9,12-15,17H,7-8,10-11,16H2,1H3,(H,27,28)(H,30,31). The quantitative estimate of drug-likeness (QED) is 0.297. The summed E-state index contributed by atoms with van der Waals surface area (Å²) in [6.07, 6.45) is 6.58. The van der Waals surface area contributed by atoms with Gasteiger partial charge in [-0.1, -0.05) is 12.1 Å². The lowest BCUT2D eigenvalue weighted by Gasteiger charge is -2.22. The van der Waals surface area contributed by atoms with Crippen molar-refractivity contribution in [2.45, 2.75) is 22.6 Å². The van der Waals surface area contributed by atoms with Crippen LogP contribution < -0.4 is 14.2 Å². The second-order valence-corrected chi connectivity index (χ2v) is 12.9. The van der Waals surface area contributed by atoms with E-state index in [1.165, 1.54) is 18.3 Å². The van der Waals surface area contributed by atoms with Crippen LogP contribution in [0.4, 0.5) is 0 Å². The number of H-pyrrole nitrogens is 1. The number of nitrogens with zero attached hydrogens (tertiary/aromatic N) is 2. The first-order chi connectivity index (χ1) is 19.1. The smallest absolute Gasteiger partial charge is 0.268 e. The van der Waals surface area contributed by atoms with Crippen LogP contribution in [0.25, 0.3) is 11.0 Å². The molecule has 2 N–H and O–H groups in total. The fourth-order valence-corrected chi connectivity index (χ4v) is 5.91. The van der Waals surface area contributed by atoms with Crippen molar-refractivity contribution in [1.29, 1.82) is 0 Å². The molecule has 1 saturated heterocycles. The van der Waals surface area contributed by atoms with Crippen LogP contribution in [-0.4, -0.2) is 63.8 Å². The van der Waals surface area contributed by atoms with Gasteiger partial charge in [0.1, 0.15) is 26.9 Å². The summed E-state index contributed by atoms with van der Waals surface area (Å²) in [5, 5.41) is 0.788. The molecular formula is C26H26N4O8S2. The summed E-state index contributed by atoms with van der Waals surface area (Å²) in [7, 11) is -8.44. The average molecular weight is 587 g/mol. The second kappa shape index (κ2) is 11.2. The molecule has 0 saturated carbocycles. The lowest BCUT2D eigenvalue weighted by atomic mass is 10.0. The van der Waals surface area contributed by atoms with Crippen LogP contribution in [-0.2, 0) is 24.6 Å². The molecule has 0 bridgehead atoms. The maximum atomic E-state index is 13.1. The van der Waals surface area contributed by atoms with Crippen molar-refractivity contribution in [3.63, 3.8) is 0 Å². The molecule has 0 aliphatic carbocycles. The second-order valence-electron chi connectivity index (χ2n) is 9.23. The third-order valence-electron chi connectivity index (χ3n) is 6.26. The number of sulfonamides is 1. The Kier molecular flexibility index (Phi) is 7.74. The van der Waals surface area contributed by atoms with Crippen molar-refractivity contribution in [1.82, 2.24) is 19.7 Å². The lowest BCUT2D eigenvalue weighted by molar-refractivity contribution is 0.0485. The highest BCUT2D eigenvalue weighted by molar-refractivity contribution is 7.91. The lowest BCUT2D eigenvalue weighted by Crippen LogP contribution is -2.31. The molecule has 12 nitrogen and oxygen atoms in total. The molecule has 1 aromatic carbocycles. The Balaban J connectivity index is 1.36. The molecule has 4 aromatic rings. The van der Waals surface area contributed by atoms with Crippen LogP contribution in [0.5, 0.6) is 17.4 Å². The zero-order valence-electron chi connectivity index (χ0n) is 21.4. The highest BCUT2D eigenvalue weighted by Gasteiger charge is 2.26. The highest BCUT2D eigenvalue weighted by atomic mass is 32.2. The predicted octanol–water partition coefficient (Wildman–Crippen LogP) is 3.08. The molecule has 4 heterocycles. The number of ether oxygens (including phenoxy) is 3. The Hall–Kier alpha value is -4.01. The number of para-hydroxylation sites is 1. The minimum atomic E-state index is -4.52. The minimum Gasteiger partial charge on any atom is -0.476 e. The third kappa shape index (κ3) is 6.24. The molecule has 210 valence electrons. The fourth-order valence-electron chi connectivity index (χ4n) is 4.13. The van der Waals surface area contributed by atoms with Gasteiger partial charge < -0.3 is 19.2 Å². The molecule has 3 aromatic heterocycles. The molecule has 0 unspecified atom stereocenters. The number of aromatic amines is 1. The Morgan fingerprint density at radius 2 is 1.85 bits per heavy atom. The van der Waals surface area contributed by atoms with Gasteiger partial charge in [0.25, 0.3) is 15.9 Å². The van der Waals surface area contributed by atoms with Gasteiger partial charge in [0.05, 0.1) is 24.6 Å². The third-order valence-corrected chi connectivity index (χ3v) is 8.65. The van der Waals surface area contributed by atoms with Crippen molar-refractivity contribution in [2.24, 2.45) is 5.92 Å². The average Bonchev–Trinajstić information content (AvgIpc) is 3.40. The summed E-state index contributed by atoms with van der Waals surface area (Å²) < 4.78 is 70.0. The predicted molar refractivity (Wildman–Crippen MR) is 144 cm³/mol. The number of aromatic nitrogens is 3. The zero-order chi connectivity index (χ0) is 28.3. The SMILES string of the molecule is CS(=O)(=O)c1cc(S(=O)(=O)NC(=O)c2ccccc2Oc2cnc3[nH]ccc3c2)cnc1OCC1CCOCC1. The molecule has 40 heavy (non-hydrogen) atoms. The zero-order valence-corrected chi connectivity index (χ0v) is 23.0. The van der Waals surface area contributed by atoms with Gasteiger partial charge in [-0.25, -0.2) is 31.5 Å². The summed E-state index contributed by atoms with van der Waals surface area (Å²) in [5.41, 5.74) is 0.597. The number of nitrogens with one attached hydrogen (secondary N) is 2. The number of benzene rings is 1. The van der Waals surface area contributed by atoms with E-state index in [1.54, 1.807) is 30.5 Å². The van der Waals surface area contributed by atoms with Gasteiger partial charge in [-0.2, -0.15) is 0 Å². The van der Waals surface area contributed by atoms with E-state index in [9.17, 15) is 21.6 Å². The van der Waals surface area contributed by atoms with Crippen LogP contribution in [0.2, 0.25) is 0 Å². The van der Waals surface area contributed by atoms with Gasteiger partial charge in [-0.3, -0.25) is 4.79 Å². The van der Waals surface area contributed by atoms with Gasteiger partial charge in [-0.05, 0) is 49.1 Å². The maximum Gasteiger partial charge on any atom is 0.268 e. The van der Waals surface area contributed by atoms with Crippen molar-refractivity contribution in [3.05, 3.63) is 66.6 Å². The Labute approximate surface area is 230 Å². The van der Waals surface area contributed by atoms with E-state index in [2.05, 4.69) is 15.0 Å². The Bertz CT molecular complexity index is 1760. The van der Waals surface area contributed by atoms with Crippen LogP contribution in [0.15, 0.2) is 70.8 Å². The summed E-state index contributed by atoms with van der Waals surface area (Å²) >= 11 is 0. The summed E-state index contributed by atoms with van der Waals surface area (Å²) in [4.78, 5) is 23.3. The van der Waals surface area contributed by atoms with E-state index in [-0.39, 0.29) is 29.7 Å². The fraction of sp³-hybridized carbons (Fsp3) is 0.269. The van der Waals surface area contributed by atoms with Crippen LogP contribution in [0.3, 0.4) is 0 Å². The van der Waals surface area contributed by atoms with Crippen molar-refractivity contribution in [3.8, 4) is 17.4 Å². The molecular weight excluding hydrogens is 560 g/mol. The molecule has 0 radical (unpaired) electrons. The minimum absolute atomic E-state index is 0.0621. The first kappa shape index (κ1) is 27.6. The van der Waals surface area contributed by atoms with E-state index in [0.717, 1.165) is 36.7 Å². The van der Waals surface area contributed by atoms with Crippen molar-refractivity contribution in [2.75, 3.05) is 26.1 Å². The molecule has 5 rings (SSSR count). The highest BCUT2D eigenvalue weighted by Crippen LogP contribution is 2.29. The molecule has 1 amide bonds. The number of amides is 1. The first-order valence-electron chi connectivity index (χ1n) is 12.3. The number of sulfone groups is 1. The first-order valence-corrected chi connectivity index (χ1v) is 15.7. The van der Waals surface area contributed by atoms with E-state index in [0.29, 0.717) is 24.6 Å². The number of rotatable bonds is 9. The number of pyridine rings is 2. The molecule has 1 fully saturated rings. The number of carbonyl (C=O) groups is 1. The maximum absolute atomic E-state index is 13.1. The molecule has 0 spiro atoms. The Morgan fingerprint density at radius 1 is 1.07 bits per heavy atom. The van der Waals surface area contributed by atoms with Crippen LogP contribution >= 0.6 is 0 Å². The number of carbonyl (C=O) groups excluding carboxylic acids is 1. The molecule has 0 atom stereocenters. The topological polar surface area (TPSA) is 167 Å². The summed E-state index contributed by atoms with van der Waals surface area (Å²) in [5.74, 6) is -0.584. The van der Waals surface area contributed by atoms with Crippen LogP contribution in [0, 0.1) is 5.92 Å². The van der Waals surface area contributed by atoms with E-state index in [1.807, 2.05) is 4.72 Å². The van der Waals surface area contributed by atoms with Gasteiger partial charge in [0.2, 0.25) is 5.88 Å². The van der Waals surface area contributed by atoms with Gasteiger partial charge >= 0.3 is 0 Å². The molecule has 1 aliphatic rings. The van der Waals surface area contributed by atoms with Crippen molar-refractivity contribution >= 4 is 36.8 Å². The van der Waals surface area contributed by atoms with Gasteiger partial charge in [0, 0.05) is 31.1 Å². The van der Waals surface area contributed by atoms with E-state index < -0.39 is 35.6 Å². The normalized spacial score (nSPS) is 14.6. The number of hydrogen-bond donors (Lipinski definition) is 2. The van der Waals surface area contributed by atoms with E-state index >= 15 is 0 Å². The molecule has 1 aliphatic heterocycles. The van der Waals surface area contributed by atoms with Crippen LogP contribution in [0.1, 0.15) is 23.2 Å². The van der Waals surface area contributed by atoms with Gasteiger partial charge in [-0.15, -0.1) is 0 Å². The summed E-state index contributed by atoms with van der Waals surface area (Å²) in [6.45, 7) is 1.39. The van der Waals surface area contributed by atoms with Crippen molar-refractivity contribution < 1.29 is 35.8 Å². The Morgan fingerprint density at radius 3 is 2.62 bits per heavy atom. The molecule has 14 heteroatoms. The number of hydrogen-bond acceptors (Lipinski definition) is 10. The largest absolute Gasteiger partial charge is 0.476 e. The van der Waals surface area contributed by atoms with Gasteiger partial charge in [0.15, 0.2) is 9.84 Å². The summed E-state index contributed by atoms with van der Waals surface area (Å²) in [6, 6.07) is 10.5.